The van der Waals surface area contributed by atoms with Gasteiger partial charge in [-0.05, 0) is 30.0 Å². The second-order valence-corrected chi connectivity index (χ2v) is 5.84. The molecule has 1 atom stereocenters. The molecule has 17 heavy (non-hydrogen) atoms. The van der Waals surface area contributed by atoms with E-state index in [9.17, 15) is 0 Å². The van der Waals surface area contributed by atoms with Crippen molar-refractivity contribution >= 4 is 27.3 Å². The van der Waals surface area contributed by atoms with Crippen LogP contribution in [0.3, 0.4) is 0 Å². The molecule has 0 aliphatic rings. The highest BCUT2D eigenvalue weighted by Crippen LogP contribution is 2.37. The van der Waals surface area contributed by atoms with Gasteiger partial charge in [-0.3, -0.25) is 4.98 Å². The maximum atomic E-state index is 5.33. The number of hydrogen-bond acceptors (Lipinski definition) is 3. The number of ether oxygens (including phenoxy) is 1. The minimum Gasteiger partial charge on any atom is -0.496 e. The number of pyridine rings is 1. The molecule has 0 spiro atoms. The summed E-state index contributed by atoms with van der Waals surface area (Å²) >= 11 is 5.43. The predicted octanol–water partition coefficient (Wildman–Crippen LogP) is 4.14. The molecule has 0 saturated carbocycles. The molecule has 2 heterocycles. The first-order valence-electron chi connectivity index (χ1n) is 5.38. The van der Waals surface area contributed by atoms with Crippen molar-refractivity contribution in [1.82, 2.24) is 4.98 Å². The van der Waals surface area contributed by atoms with Gasteiger partial charge in [-0.15, -0.1) is 11.3 Å². The molecule has 0 N–H and O–H groups in total. The minimum absolute atomic E-state index is 0.256. The zero-order valence-corrected chi connectivity index (χ0v) is 12.2. The lowest BCUT2D eigenvalue weighted by Crippen LogP contribution is -1.99. The second kappa shape index (κ2) is 5.65. The van der Waals surface area contributed by atoms with Crippen LogP contribution in [0.4, 0.5) is 0 Å². The van der Waals surface area contributed by atoms with Gasteiger partial charge in [0.15, 0.2) is 0 Å². The normalized spacial score (nSPS) is 12.4. The van der Waals surface area contributed by atoms with E-state index in [0.29, 0.717) is 0 Å². The Hall–Kier alpha value is -0.870. The lowest BCUT2D eigenvalue weighted by Gasteiger charge is -2.11. The monoisotopic (exact) mass is 311 g/mol. The Balaban J connectivity index is 2.17. The molecule has 4 heteroatoms. The van der Waals surface area contributed by atoms with Gasteiger partial charge in [0.05, 0.1) is 16.8 Å². The van der Waals surface area contributed by atoms with Crippen molar-refractivity contribution in [2.45, 2.75) is 18.2 Å². The highest BCUT2D eigenvalue weighted by Gasteiger charge is 2.16. The summed E-state index contributed by atoms with van der Waals surface area (Å²) in [4.78, 5) is 5.89. The standard InChI is InChI=1S/C13H14BrNOS/c1-9-4-3-6-15-11(9)8-10(14)13-12(16-2)5-7-17-13/h3-7,10H,8H2,1-2H3. The number of thiophene rings is 1. The van der Waals surface area contributed by atoms with Crippen molar-refractivity contribution in [3.8, 4) is 5.75 Å². The topological polar surface area (TPSA) is 22.1 Å². The number of rotatable bonds is 4. The van der Waals surface area contributed by atoms with Crippen molar-refractivity contribution in [2.24, 2.45) is 0 Å². The van der Waals surface area contributed by atoms with Crippen molar-refractivity contribution in [3.05, 3.63) is 45.9 Å². The molecular formula is C13H14BrNOS. The van der Waals surface area contributed by atoms with E-state index in [1.54, 1.807) is 18.4 Å². The predicted molar refractivity (Wildman–Crippen MR) is 75.2 cm³/mol. The summed E-state index contributed by atoms with van der Waals surface area (Å²) in [6, 6.07) is 6.06. The van der Waals surface area contributed by atoms with Crippen LogP contribution in [0.25, 0.3) is 0 Å². The maximum absolute atomic E-state index is 5.33. The average Bonchev–Trinajstić information content (AvgIpc) is 2.80. The molecule has 0 aliphatic carbocycles. The molecule has 0 radical (unpaired) electrons. The van der Waals surface area contributed by atoms with Crippen molar-refractivity contribution in [2.75, 3.05) is 7.11 Å². The van der Waals surface area contributed by atoms with Crippen LogP contribution < -0.4 is 4.74 Å². The summed E-state index contributed by atoms with van der Waals surface area (Å²) < 4.78 is 5.33. The number of hydrogen-bond donors (Lipinski definition) is 0. The summed E-state index contributed by atoms with van der Waals surface area (Å²) in [6.07, 6.45) is 2.72. The third kappa shape index (κ3) is 2.87. The van der Waals surface area contributed by atoms with Gasteiger partial charge in [0, 0.05) is 18.3 Å². The van der Waals surface area contributed by atoms with Crippen LogP contribution in [0.5, 0.6) is 5.75 Å². The summed E-state index contributed by atoms with van der Waals surface area (Å²) in [5, 5.41) is 2.05. The van der Waals surface area contributed by atoms with E-state index in [2.05, 4.69) is 33.9 Å². The molecule has 0 fully saturated rings. The van der Waals surface area contributed by atoms with Gasteiger partial charge in [0.2, 0.25) is 0 Å². The fourth-order valence-corrected chi connectivity index (χ4v) is 3.39. The van der Waals surface area contributed by atoms with E-state index in [-0.39, 0.29) is 4.83 Å². The number of aryl methyl sites for hydroxylation is 1. The van der Waals surface area contributed by atoms with Crippen LogP contribution in [0.15, 0.2) is 29.8 Å². The van der Waals surface area contributed by atoms with E-state index >= 15 is 0 Å². The molecule has 2 nitrogen and oxygen atoms in total. The van der Waals surface area contributed by atoms with Crippen molar-refractivity contribution < 1.29 is 4.74 Å². The van der Waals surface area contributed by atoms with Crippen LogP contribution in [-0.2, 0) is 6.42 Å². The molecule has 0 bridgehead atoms. The molecule has 2 aromatic heterocycles. The van der Waals surface area contributed by atoms with Gasteiger partial charge in [0.1, 0.15) is 5.75 Å². The van der Waals surface area contributed by atoms with Crippen LogP contribution in [-0.4, -0.2) is 12.1 Å². The minimum atomic E-state index is 0.256. The Bertz CT molecular complexity index is 498. The van der Waals surface area contributed by atoms with Crippen LogP contribution in [0.1, 0.15) is 21.0 Å². The number of nitrogens with zero attached hydrogens (tertiary/aromatic N) is 1. The lowest BCUT2D eigenvalue weighted by molar-refractivity contribution is 0.412. The Morgan fingerprint density at radius 1 is 1.47 bits per heavy atom. The van der Waals surface area contributed by atoms with E-state index in [4.69, 9.17) is 4.74 Å². The quantitative estimate of drug-likeness (QED) is 0.792. The molecule has 0 aliphatic heterocycles. The summed E-state index contributed by atoms with van der Waals surface area (Å²) in [5.41, 5.74) is 2.36. The van der Waals surface area contributed by atoms with Crippen LogP contribution in [0, 0.1) is 6.92 Å². The molecule has 2 aromatic rings. The average molecular weight is 312 g/mol. The fraction of sp³-hybridized carbons (Fsp3) is 0.308. The molecule has 0 saturated heterocycles. The largest absolute Gasteiger partial charge is 0.496 e. The van der Waals surface area contributed by atoms with Gasteiger partial charge in [-0.2, -0.15) is 0 Å². The Morgan fingerprint density at radius 3 is 3.00 bits per heavy atom. The van der Waals surface area contributed by atoms with Crippen LogP contribution in [0.2, 0.25) is 0 Å². The molecule has 90 valence electrons. The van der Waals surface area contributed by atoms with Gasteiger partial charge >= 0.3 is 0 Å². The third-order valence-electron chi connectivity index (χ3n) is 2.65. The second-order valence-electron chi connectivity index (χ2n) is 3.79. The number of aromatic nitrogens is 1. The highest BCUT2D eigenvalue weighted by molar-refractivity contribution is 9.09. The van der Waals surface area contributed by atoms with E-state index in [1.165, 1.54) is 10.4 Å². The molecule has 0 aromatic carbocycles. The van der Waals surface area contributed by atoms with Gasteiger partial charge in [0.25, 0.3) is 0 Å². The number of alkyl halides is 1. The van der Waals surface area contributed by atoms with Crippen LogP contribution >= 0.6 is 27.3 Å². The first-order chi connectivity index (χ1) is 8.22. The first-order valence-corrected chi connectivity index (χ1v) is 7.18. The molecular weight excluding hydrogens is 298 g/mol. The van der Waals surface area contributed by atoms with E-state index in [0.717, 1.165) is 17.9 Å². The Kier molecular flexibility index (Phi) is 4.18. The smallest absolute Gasteiger partial charge is 0.133 e. The molecule has 0 amide bonds. The summed E-state index contributed by atoms with van der Waals surface area (Å²) in [5.74, 6) is 0.949. The molecule has 1 unspecified atom stereocenters. The zero-order valence-electron chi connectivity index (χ0n) is 9.81. The number of methoxy groups -OCH3 is 1. The van der Waals surface area contributed by atoms with E-state index < -0.39 is 0 Å². The number of halogens is 1. The van der Waals surface area contributed by atoms with Crippen molar-refractivity contribution in [3.63, 3.8) is 0 Å². The van der Waals surface area contributed by atoms with Gasteiger partial charge in [-0.25, -0.2) is 0 Å². The fourth-order valence-electron chi connectivity index (χ4n) is 1.70. The lowest BCUT2D eigenvalue weighted by atomic mass is 10.1. The first kappa shape index (κ1) is 12.6. The SMILES string of the molecule is COc1ccsc1C(Br)Cc1ncccc1C. The van der Waals surface area contributed by atoms with Crippen molar-refractivity contribution in [1.29, 1.82) is 0 Å². The zero-order chi connectivity index (χ0) is 12.3. The van der Waals surface area contributed by atoms with Gasteiger partial charge < -0.3 is 4.74 Å². The highest BCUT2D eigenvalue weighted by atomic mass is 79.9. The Labute approximate surface area is 114 Å². The summed E-state index contributed by atoms with van der Waals surface area (Å²) in [6.45, 7) is 2.09. The summed E-state index contributed by atoms with van der Waals surface area (Å²) in [7, 11) is 1.71. The maximum Gasteiger partial charge on any atom is 0.133 e. The van der Waals surface area contributed by atoms with Gasteiger partial charge in [-0.1, -0.05) is 22.0 Å². The van der Waals surface area contributed by atoms with E-state index in [1.807, 2.05) is 23.7 Å². The molecule has 2 rings (SSSR count). The third-order valence-corrected chi connectivity index (χ3v) is 4.75. The Morgan fingerprint density at radius 2 is 2.29 bits per heavy atom.